The highest BCUT2D eigenvalue weighted by molar-refractivity contribution is 6.05. The summed E-state index contributed by atoms with van der Waals surface area (Å²) in [5.41, 5.74) is 19.7. The zero-order chi connectivity index (χ0) is 83.8. The molecule has 1 fully saturated rings. The maximum atomic E-state index is 14.8. The van der Waals surface area contributed by atoms with Gasteiger partial charge in [0.25, 0.3) is 5.91 Å². The number of para-hydroxylation sites is 2. The molecule has 0 unspecified atom stereocenters. The number of carbonyl (C=O) groups is 18. The fraction of sp³-hybridized carbons (Fsp3) is 0.506. The monoisotopic (exact) mass is 1580 g/mol. The van der Waals surface area contributed by atoms with Crippen LogP contribution in [0.5, 0.6) is 0 Å². The number of esters is 1. The van der Waals surface area contributed by atoms with Crippen LogP contribution in [0.15, 0.2) is 79.0 Å². The number of hydrogen-bond acceptors (Lipinski definition) is 22. The van der Waals surface area contributed by atoms with Crippen molar-refractivity contribution in [3.05, 3.63) is 101 Å². The largest absolute Gasteiger partial charge is 0.481 e. The van der Waals surface area contributed by atoms with Gasteiger partial charge in [0.15, 0.2) is 23.1 Å². The summed E-state index contributed by atoms with van der Waals surface area (Å²) in [6.45, 7) is 4.77. The maximum Gasteiger partial charge on any atom is 0.329 e. The Bertz CT molecular complexity index is 4110. The molecule has 0 radical (unpaired) electrons. The van der Waals surface area contributed by atoms with Gasteiger partial charge in [0.1, 0.15) is 42.4 Å². The number of aliphatic hydroxyl groups excluding tert-OH is 1. The van der Waals surface area contributed by atoms with Crippen LogP contribution < -0.4 is 70.4 Å². The number of nitrogen functional groups attached to an aromatic ring is 1. The highest BCUT2D eigenvalue weighted by Crippen LogP contribution is 2.25. The summed E-state index contributed by atoms with van der Waals surface area (Å²) in [5.74, 6) is -26.5. The Labute approximate surface area is 651 Å². The Morgan fingerprint density at radius 2 is 1.25 bits per heavy atom. The molecule has 3 aromatic carbocycles. The lowest BCUT2D eigenvalue weighted by Crippen LogP contribution is -2.58. The summed E-state index contributed by atoms with van der Waals surface area (Å²) in [4.78, 5) is 252. The van der Waals surface area contributed by atoms with Crippen LogP contribution in [-0.4, -0.2) is 207 Å². The molecular weight excluding hydrogens is 1470 g/mol. The van der Waals surface area contributed by atoms with Gasteiger partial charge in [0.2, 0.25) is 59.1 Å². The molecule has 36 nitrogen and oxygen atoms in total. The molecule has 4 aromatic rings. The number of anilines is 1. The van der Waals surface area contributed by atoms with Crippen molar-refractivity contribution >= 4 is 123 Å². The Kier molecular flexibility index (Phi) is 37.0. The number of carbonyl (C=O) groups excluding carboxylic acids is 16. The molecule has 20 N–H and O–H groups in total. The molecule has 13 atom stereocenters. The number of H-pyrrole nitrogens is 1. The quantitative estimate of drug-likeness (QED) is 0.0130. The molecule has 36 heteroatoms. The van der Waals surface area contributed by atoms with Crippen LogP contribution in [-0.2, 0) is 94.3 Å². The summed E-state index contributed by atoms with van der Waals surface area (Å²) in [6, 6.07) is 5.15. The number of aliphatic carboxylic acids is 2. The molecule has 1 aliphatic heterocycles. The van der Waals surface area contributed by atoms with Gasteiger partial charge in [-0.05, 0) is 93.5 Å². The number of aliphatic hydroxyl groups is 1. The van der Waals surface area contributed by atoms with Gasteiger partial charge in [-0.2, -0.15) is 0 Å². The number of rotatable bonds is 31. The van der Waals surface area contributed by atoms with E-state index in [0.29, 0.717) is 16.5 Å². The first-order valence-corrected chi connectivity index (χ1v) is 37.3. The second-order valence-electron chi connectivity index (χ2n) is 28.3. The number of unbranched alkanes of at least 4 members (excludes halogenated alkanes) is 4. The van der Waals surface area contributed by atoms with E-state index in [0.717, 1.165) is 51.0 Å². The standard InChI is InChI=1S/C77H104N14O22/c1-7-8-9-10-11-17-45-23-25-46(26-24-45)72(107)89-56(31-47-36-81-52-21-15-13-18-48(47)52)75(110)87-54(34-63(80)97)60(94)29-42(4)70(105)91-68-44(6)113-77(112)57(33-59(93)49-19-12-14-20-51(49)79)90-73(108)50(40(2)30-66(100)101)32-62(96)58(39-92)86-65(99)37-82-71(106)43(5)84-69(104)41(3)28-61(95)55(35-67(102)103)88-74(109)53(22-16-27-78)85-64(98)38-83-76(68)111/h12-15,18-21,23-26,36,40-44,50,53-58,68,81,92H,7-11,16-17,22,27-35,37-39,78-79H2,1-6H3,(H2,80,97)(H,82,106)(H,83,111)(H,84,104)(H,85,98)(H,86,99)(H,87,110)(H,88,109)(H,89,107)(H,90,108)(H,91,105)(H,100,101)(H,102,103)/t40-,41+,42-,43+,44-,50+,53+,54-,55+,56+,57+,58-,68+/m1/s1. The SMILES string of the molecule is CCCCCCCc1ccc(C(=O)N[C@@H](Cc2c[nH]c3ccccc23)C(=O)N[C@H](CC(N)=O)C(=O)C[C@@H](C)C(=O)N[C@@H]2C(=O)NCC(=O)N[C@@H](CCCN)C(=O)N[C@@H](CC(=O)O)C(=O)C[C@H](C)C(=O)N[C@@H](C)C(=O)NCC(=O)N[C@H](CO)C(=O)C[C@@H]([C@H](C)CC(=O)O)C(=O)N[C@@H](CC(=O)c3ccccc3N)C(=O)O[C@@H]2C)cc1. The highest BCUT2D eigenvalue weighted by Gasteiger charge is 2.40. The molecule has 0 aliphatic carbocycles. The second kappa shape index (κ2) is 45.5. The zero-order valence-corrected chi connectivity index (χ0v) is 64.0. The van der Waals surface area contributed by atoms with Crippen molar-refractivity contribution < 1.29 is 106 Å². The minimum absolute atomic E-state index is 0.0116. The number of aromatic amines is 1. The van der Waals surface area contributed by atoms with Crippen LogP contribution in [0.25, 0.3) is 10.9 Å². The molecule has 1 saturated heterocycles. The van der Waals surface area contributed by atoms with Crippen LogP contribution in [0.3, 0.4) is 0 Å². The molecule has 614 valence electrons. The van der Waals surface area contributed by atoms with Gasteiger partial charge in [0.05, 0.1) is 44.6 Å². The van der Waals surface area contributed by atoms with Crippen LogP contribution in [0.1, 0.15) is 163 Å². The summed E-state index contributed by atoms with van der Waals surface area (Å²) in [5, 5.41) is 54.3. The van der Waals surface area contributed by atoms with E-state index in [2.05, 4.69) is 65.1 Å². The molecule has 5 rings (SSSR count). The van der Waals surface area contributed by atoms with Crippen LogP contribution >= 0.6 is 0 Å². The number of hydrogen-bond donors (Lipinski definition) is 17. The molecule has 0 spiro atoms. The minimum Gasteiger partial charge on any atom is -0.481 e. The zero-order valence-electron chi connectivity index (χ0n) is 64.0. The van der Waals surface area contributed by atoms with Crippen molar-refractivity contribution in [1.29, 1.82) is 0 Å². The number of fused-ring (bicyclic) bond motifs is 1. The van der Waals surface area contributed by atoms with Crippen molar-refractivity contribution in [2.75, 3.05) is 32.0 Å². The predicted molar refractivity (Wildman–Crippen MR) is 406 cm³/mol. The summed E-state index contributed by atoms with van der Waals surface area (Å²) < 4.78 is 5.79. The van der Waals surface area contributed by atoms with Crippen LogP contribution in [0, 0.1) is 23.7 Å². The van der Waals surface area contributed by atoms with E-state index >= 15 is 0 Å². The van der Waals surface area contributed by atoms with Crippen molar-refractivity contribution in [2.24, 2.45) is 35.1 Å². The van der Waals surface area contributed by atoms with E-state index in [1.165, 1.54) is 52.0 Å². The van der Waals surface area contributed by atoms with E-state index in [1.54, 1.807) is 42.6 Å². The second-order valence-corrected chi connectivity index (χ2v) is 28.3. The third-order valence-corrected chi connectivity index (χ3v) is 19.0. The number of ketones is 4. The van der Waals surface area contributed by atoms with E-state index in [9.17, 15) is 102 Å². The number of aromatic nitrogens is 1. The van der Waals surface area contributed by atoms with Gasteiger partial charge < -0.3 is 95.4 Å². The third-order valence-electron chi connectivity index (χ3n) is 19.0. The van der Waals surface area contributed by atoms with E-state index in [1.807, 2.05) is 12.1 Å². The number of cyclic esters (lactones) is 1. The molecular formula is C77H104N14O22. The Morgan fingerprint density at radius 1 is 0.619 bits per heavy atom. The number of nitrogens with two attached hydrogens (primary N) is 3. The van der Waals surface area contributed by atoms with Gasteiger partial charge in [-0.1, -0.05) is 95.8 Å². The fourth-order valence-electron chi connectivity index (χ4n) is 12.4. The number of amides is 11. The number of carboxylic acid groups (broad SMARTS) is 2. The Balaban J connectivity index is 1.54. The number of aryl methyl sites for hydroxylation is 1. The first-order valence-electron chi connectivity index (χ1n) is 37.3. The van der Waals surface area contributed by atoms with Gasteiger partial charge in [-0.3, -0.25) is 81.5 Å². The van der Waals surface area contributed by atoms with Crippen molar-refractivity contribution in [1.82, 2.24) is 58.2 Å². The summed E-state index contributed by atoms with van der Waals surface area (Å²) >= 11 is 0. The predicted octanol–water partition coefficient (Wildman–Crippen LogP) is -0.574. The normalized spacial score (nSPS) is 21.6. The average Bonchev–Trinajstić information content (AvgIpc) is 1.68. The smallest absolute Gasteiger partial charge is 0.329 e. The summed E-state index contributed by atoms with van der Waals surface area (Å²) in [7, 11) is 0. The third kappa shape index (κ3) is 29.7. The minimum atomic E-state index is -2.17. The number of nitrogens with one attached hydrogen (secondary N) is 11. The average molecular weight is 1580 g/mol. The Morgan fingerprint density at radius 3 is 1.88 bits per heavy atom. The van der Waals surface area contributed by atoms with Gasteiger partial charge >= 0.3 is 17.9 Å². The van der Waals surface area contributed by atoms with Crippen LogP contribution in [0.4, 0.5) is 5.69 Å². The molecule has 11 amide bonds. The van der Waals surface area contributed by atoms with E-state index < -0.39 is 249 Å². The maximum absolute atomic E-state index is 14.8. The summed E-state index contributed by atoms with van der Waals surface area (Å²) in [6.07, 6.45) is -0.980. The van der Waals surface area contributed by atoms with E-state index in [-0.39, 0.29) is 42.6 Å². The molecule has 1 aliphatic rings. The topological polar surface area (TPSA) is 591 Å². The number of primary amides is 1. The van der Waals surface area contributed by atoms with Crippen molar-refractivity contribution in [3.63, 3.8) is 0 Å². The van der Waals surface area contributed by atoms with E-state index in [4.69, 9.17) is 21.9 Å². The van der Waals surface area contributed by atoms with Gasteiger partial charge in [-0.25, -0.2) is 4.79 Å². The molecule has 0 bridgehead atoms. The highest BCUT2D eigenvalue weighted by atomic mass is 16.5. The van der Waals surface area contributed by atoms with Crippen molar-refractivity contribution in [2.45, 2.75) is 199 Å². The lowest BCUT2D eigenvalue weighted by molar-refractivity contribution is -0.156. The van der Waals surface area contributed by atoms with Gasteiger partial charge in [0, 0.05) is 90.2 Å². The fourth-order valence-corrected chi connectivity index (χ4v) is 12.4. The van der Waals surface area contributed by atoms with Gasteiger partial charge in [-0.15, -0.1) is 0 Å². The number of ether oxygens (including phenoxy) is 1. The van der Waals surface area contributed by atoms with Crippen molar-refractivity contribution in [3.8, 4) is 0 Å². The lowest BCUT2D eigenvalue weighted by Gasteiger charge is -2.29. The molecule has 1 aromatic heterocycles. The number of benzene rings is 3. The number of Topliss-reactive ketones (excluding diaryl/α,β-unsaturated/α-hetero) is 4. The first-order chi connectivity index (χ1) is 53.5. The molecule has 0 saturated carbocycles. The molecule has 2 heterocycles. The molecule has 113 heavy (non-hydrogen) atoms. The van der Waals surface area contributed by atoms with Crippen LogP contribution in [0.2, 0.25) is 0 Å². The first kappa shape index (κ1) is 91.8. The number of carboxylic acids is 2. The lowest BCUT2D eigenvalue weighted by atomic mass is 9.84. The Hall–Kier alpha value is -11.8.